The fourth-order valence-electron chi connectivity index (χ4n) is 2.13. The monoisotopic (exact) mass is 354 g/mol. The van der Waals surface area contributed by atoms with Gasteiger partial charge in [-0.05, 0) is 24.6 Å². The number of nitrogens with one attached hydrogen (secondary N) is 1. The first-order valence-electron chi connectivity index (χ1n) is 7.83. The zero-order valence-corrected chi connectivity index (χ0v) is 15.0. The van der Waals surface area contributed by atoms with Crippen molar-refractivity contribution < 1.29 is 19.1 Å². The van der Waals surface area contributed by atoms with Gasteiger partial charge in [0.25, 0.3) is 0 Å². The lowest BCUT2D eigenvalue weighted by Gasteiger charge is -2.22. The maximum Gasteiger partial charge on any atom is 0.337 e. The predicted molar refractivity (Wildman–Crippen MR) is 93.4 cm³/mol. The summed E-state index contributed by atoms with van der Waals surface area (Å²) in [5.41, 5.74) is 0.558. The Kier molecular flexibility index (Phi) is 8.26. The van der Waals surface area contributed by atoms with Crippen LogP contribution in [0.2, 0.25) is 5.02 Å². The average molecular weight is 355 g/mol. The molecule has 1 rings (SSSR count). The number of esters is 1. The van der Waals surface area contributed by atoms with Crippen LogP contribution in [0.4, 0.5) is 5.69 Å². The average Bonchev–Trinajstić information content (AvgIpc) is 2.56. The molecule has 0 aliphatic heterocycles. The van der Waals surface area contributed by atoms with Gasteiger partial charge in [-0.1, -0.05) is 31.4 Å². The topological polar surface area (TPSA) is 75.7 Å². The van der Waals surface area contributed by atoms with Crippen LogP contribution in [0.1, 0.15) is 43.5 Å². The number of anilines is 1. The summed E-state index contributed by atoms with van der Waals surface area (Å²) in [5, 5.41) is 3.05. The molecule has 132 valence electrons. The van der Waals surface area contributed by atoms with Crippen LogP contribution in [0.15, 0.2) is 18.2 Å². The molecule has 0 spiro atoms. The van der Waals surface area contributed by atoms with Crippen molar-refractivity contribution in [3.05, 3.63) is 28.8 Å². The molecule has 24 heavy (non-hydrogen) atoms. The van der Waals surface area contributed by atoms with Gasteiger partial charge in [0.15, 0.2) is 0 Å². The minimum atomic E-state index is -0.541. The summed E-state index contributed by atoms with van der Waals surface area (Å²) >= 11 is 6.13. The molecule has 0 bridgehead atoms. The zero-order chi connectivity index (χ0) is 18.1. The van der Waals surface area contributed by atoms with E-state index in [9.17, 15) is 14.4 Å². The third kappa shape index (κ3) is 5.85. The summed E-state index contributed by atoms with van der Waals surface area (Å²) < 4.78 is 4.66. The summed E-state index contributed by atoms with van der Waals surface area (Å²) in [5.74, 6) is -1.16. The Hall–Kier alpha value is -2.08. The molecular weight excluding hydrogens is 332 g/mol. The number of rotatable bonds is 8. The van der Waals surface area contributed by atoms with Gasteiger partial charge in [-0.25, -0.2) is 4.79 Å². The highest BCUT2D eigenvalue weighted by molar-refractivity contribution is 6.34. The fourth-order valence-corrected chi connectivity index (χ4v) is 2.35. The molecule has 0 radical (unpaired) electrons. The number of unbranched alkanes of at least 4 members (excludes halogenated alkanes) is 2. The number of carbonyl (C=O) groups excluding carboxylic acids is 3. The van der Waals surface area contributed by atoms with E-state index in [0.29, 0.717) is 12.2 Å². The van der Waals surface area contributed by atoms with Gasteiger partial charge in [-0.15, -0.1) is 0 Å². The van der Waals surface area contributed by atoms with Gasteiger partial charge in [-0.2, -0.15) is 0 Å². The van der Waals surface area contributed by atoms with E-state index < -0.39 is 5.97 Å². The van der Waals surface area contributed by atoms with Gasteiger partial charge in [-0.3, -0.25) is 9.59 Å². The van der Waals surface area contributed by atoms with Gasteiger partial charge in [0, 0.05) is 13.5 Å². The second-order valence-electron chi connectivity index (χ2n) is 5.32. The summed E-state index contributed by atoms with van der Waals surface area (Å²) in [7, 11) is 1.27. The molecule has 0 heterocycles. The van der Waals surface area contributed by atoms with E-state index in [1.54, 1.807) is 0 Å². The van der Waals surface area contributed by atoms with Crippen LogP contribution in [0.25, 0.3) is 0 Å². The Labute approximate surface area is 147 Å². The first-order valence-corrected chi connectivity index (χ1v) is 8.21. The number of benzene rings is 1. The fraction of sp³-hybridized carbons (Fsp3) is 0.471. The van der Waals surface area contributed by atoms with Crippen molar-refractivity contribution in [1.82, 2.24) is 5.32 Å². The number of ether oxygens (including phenoxy) is 1. The standard InChI is InChI=1S/C17H23ClN2O4/c1-4-5-6-9-19-16(22)11-20(12(2)21)15-10-13(17(23)24-3)7-8-14(15)18/h7-8,10H,4-6,9,11H2,1-3H3,(H,19,22). The molecule has 0 aromatic heterocycles. The first kappa shape index (κ1) is 20.0. The van der Waals surface area contributed by atoms with Gasteiger partial charge in [0.05, 0.1) is 23.4 Å². The summed E-state index contributed by atoms with van der Waals surface area (Å²) in [6, 6.07) is 4.44. The van der Waals surface area contributed by atoms with Crippen molar-refractivity contribution in [2.75, 3.05) is 25.1 Å². The van der Waals surface area contributed by atoms with Crippen LogP contribution in [0.5, 0.6) is 0 Å². The molecule has 1 N–H and O–H groups in total. The van der Waals surface area contributed by atoms with Crippen LogP contribution >= 0.6 is 11.6 Å². The van der Waals surface area contributed by atoms with E-state index >= 15 is 0 Å². The van der Waals surface area contributed by atoms with Crippen molar-refractivity contribution in [3.63, 3.8) is 0 Å². The Bertz CT molecular complexity index is 604. The highest BCUT2D eigenvalue weighted by Crippen LogP contribution is 2.27. The molecule has 0 unspecified atom stereocenters. The molecule has 0 saturated carbocycles. The van der Waals surface area contributed by atoms with Crippen LogP contribution in [0.3, 0.4) is 0 Å². The van der Waals surface area contributed by atoms with Crippen molar-refractivity contribution in [1.29, 1.82) is 0 Å². The summed E-state index contributed by atoms with van der Waals surface area (Å²) in [6.45, 7) is 3.82. The van der Waals surface area contributed by atoms with Crippen LogP contribution < -0.4 is 10.2 Å². The Balaban J connectivity index is 2.90. The lowest BCUT2D eigenvalue weighted by atomic mass is 10.2. The van der Waals surface area contributed by atoms with E-state index in [1.165, 1.54) is 37.1 Å². The van der Waals surface area contributed by atoms with Gasteiger partial charge in [0.2, 0.25) is 11.8 Å². The molecule has 0 atom stereocenters. The lowest BCUT2D eigenvalue weighted by Crippen LogP contribution is -2.40. The molecule has 2 amide bonds. The maximum absolute atomic E-state index is 12.0. The summed E-state index contributed by atoms with van der Waals surface area (Å²) in [4.78, 5) is 36.9. The van der Waals surface area contributed by atoms with Crippen LogP contribution in [-0.4, -0.2) is 38.0 Å². The number of carbonyl (C=O) groups is 3. The predicted octanol–water partition coefficient (Wildman–Crippen LogP) is 2.79. The third-order valence-corrected chi connectivity index (χ3v) is 3.76. The third-order valence-electron chi connectivity index (χ3n) is 3.44. The smallest absolute Gasteiger partial charge is 0.337 e. The Morgan fingerprint density at radius 2 is 1.96 bits per heavy atom. The van der Waals surface area contributed by atoms with E-state index in [4.69, 9.17) is 11.6 Å². The highest BCUT2D eigenvalue weighted by Gasteiger charge is 2.20. The van der Waals surface area contributed by atoms with E-state index in [1.807, 2.05) is 0 Å². The molecule has 6 nitrogen and oxygen atoms in total. The molecule has 0 saturated heterocycles. The molecule has 0 aliphatic rings. The van der Waals surface area contributed by atoms with Crippen molar-refractivity contribution in [2.45, 2.75) is 33.1 Å². The van der Waals surface area contributed by atoms with Gasteiger partial charge in [0.1, 0.15) is 6.54 Å². The normalized spacial score (nSPS) is 10.2. The highest BCUT2D eigenvalue weighted by atomic mass is 35.5. The van der Waals surface area contributed by atoms with Crippen LogP contribution in [0, 0.1) is 0 Å². The number of hydrogen-bond donors (Lipinski definition) is 1. The summed E-state index contributed by atoms with van der Waals surface area (Å²) in [6.07, 6.45) is 2.98. The second kappa shape index (κ2) is 9.93. The quantitative estimate of drug-likeness (QED) is 0.575. The number of halogens is 1. The molecular formula is C17H23ClN2O4. The maximum atomic E-state index is 12.0. The molecule has 7 heteroatoms. The number of amides is 2. The van der Waals surface area contributed by atoms with Crippen molar-refractivity contribution >= 4 is 35.1 Å². The molecule has 1 aromatic rings. The molecule has 1 aromatic carbocycles. The van der Waals surface area contributed by atoms with E-state index in [2.05, 4.69) is 17.0 Å². The molecule has 0 fully saturated rings. The van der Waals surface area contributed by atoms with Crippen molar-refractivity contribution in [2.24, 2.45) is 0 Å². The largest absolute Gasteiger partial charge is 0.465 e. The number of methoxy groups -OCH3 is 1. The first-order chi connectivity index (χ1) is 11.4. The zero-order valence-electron chi connectivity index (χ0n) is 14.2. The SMILES string of the molecule is CCCCCNC(=O)CN(C(C)=O)c1cc(C(=O)OC)ccc1Cl. The minimum Gasteiger partial charge on any atom is -0.465 e. The Morgan fingerprint density at radius 1 is 1.25 bits per heavy atom. The van der Waals surface area contributed by atoms with Gasteiger partial charge >= 0.3 is 5.97 Å². The Morgan fingerprint density at radius 3 is 2.54 bits per heavy atom. The lowest BCUT2D eigenvalue weighted by molar-refractivity contribution is -0.123. The van der Waals surface area contributed by atoms with Crippen LogP contribution in [-0.2, 0) is 14.3 Å². The van der Waals surface area contributed by atoms with Crippen molar-refractivity contribution in [3.8, 4) is 0 Å². The van der Waals surface area contributed by atoms with E-state index in [0.717, 1.165) is 19.3 Å². The molecule has 0 aliphatic carbocycles. The second-order valence-corrected chi connectivity index (χ2v) is 5.73. The number of hydrogen-bond acceptors (Lipinski definition) is 4. The van der Waals surface area contributed by atoms with E-state index in [-0.39, 0.29) is 28.9 Å². The van der Waals surface area contributed by atoms with Gasteiger partial charge < -0.3 is 15.0 Å². The minimum absolute atomic E-state index is 0.161. The number of nitrogens with zero attached hydrogens (tertiary/aromatic N) is 1.